The average Bonchev–Trinajstić information content (AvgIpc) is 3.37. The summed E-state index contributed by atoms with van der Waals surface area (Å²) in [5, 5.41) is 21.2. The number of hydrogen-bond acceptors (Lipinski definition) is 7. The van der Waals surface area contributed by atoms with Gasteiger partial charge in [0, 0.05) is 18.7 Å². The fourth-order valence-corrected chi connectivity index (χ4v) is 5.27. The molecule has 8 heteroatoms. The minimum atomic E-state index is -1.05. The maximum atomic E-state index is 11.8. The first-order chi connectivity index (χ1) is 19.4. The molecule has 208 valence electrons. The van der Waals surface area contributed by atoms with Crippen molar-refractivity contribution in [3.8, 4) is 17.2 Å². The molecule has 0 aliphatic carbocycles. The Labute approximate surface area is 233 Å². The van der Waals surface area contributed by atoms with Crippen LogP contribution in [0.5, 0.6) is 17.2 Å². The first kappa shape index (κ1) is 27.5. The van der Waals surface area contributed by atoms with Crippen molar-refractivity contribution in [2.75, 3.05) is 20.8 Å². The van der Waals surface area contributed by atoms with Gasteiger partial charge in [0.05, 0.1) is 32.6 Å². The lowest BCUT2D eigenvalue weighted by atomic mass is 9.80. The van der Waals surface area contributed by atoms with Crippen molar-refractivity contribution in [1.82, 2.24) is 4.57 Å². The lowest BCUT2D eigenvalue weighted by molar-refractivity contribution is -0.0941. The Morgan fingerprint density at radius 2 is 1.43 bits per heavy atom. The van der Waals surface area contributed by atoms with E-state index in [0.29, 0.717) is 5.69 Å². The second-order valence-corrected chi connectivity index (χ2v) is 9.77. The molecule has 1 aliphatic heterocycles. The van der Waals surface area contributed by atoms with E-state index in [1.165, 1.54) is 6.07 Å². The first-order valence-electron chi connectivity index (χ1n) is 13.1. The Kier molecular flexibility index (Phi) is 7.93. The number of aromatic nitrogens is 1. The highest BCUT2D eigenvalue weighted by molar-refractivity contribution is 5.49. The first-order valence-corrected chi connectivity index (χ1v) is 13.1. The Hall–Kier alpha value is -4.11. The Morgan fingerprint density at radius 1 is 0.875 bits per heavy atom. The van der Waals surface area contributed by atoms with Gasteiger partial charge in [0.15, 0.2) is 5.75 Å². The second-order valence-electron chi connectivity index (χ2n) is 9.77. The van der Waals surface area contributed by atoms with Gasteiger partial charge in [-0.05, 0) is 47.9 Å². The number of aliphatic hydroxyl groups excluding tert-OH is 1. The molecule has 0 radical (unpaired) electrons. The van der Waals surface area contributed by atoms with Crippen LogP contribution in [0.2, 0.25) is 0 Å². The fraction of sp³-hybridized carbons (Fsp3) is 0.281. The molecule has 4 aromatic rings. The summed E-state index contributed by atoms with van der Waals surface area (Å²) in [6.45, 7) is 1.71. The molecule has 3 atom stereocenters. The summed E-state index contributed by atoms with van der Waals surface area (Å²) >= 11 is 0. The molecule has 1 saturated heterocycles. The van der Waals surface area contributed by atoms with Gasteiger partial charge in [-0.2, -0.15) is 0 Å². The van der Waals surface area contributed by atoms with Crippen molar-refractivity contribution < 1.29 is 29.2 Å². The molecule has 8 nitrogen and oxygen atoms in total. The van der Waals surface area contributed by atoms with E-state index in [1.54, 1.807) is 31.9 Å². The Morgan fingerprint density at radius 3 is 1.98 bits per heavy atom. The molecule has 40 heavy (non-hydrogen) atoms. The summed E-state index contributed by atoms with van der Waals surface area (Å²) in [5.41, 5.74) is 1.51. The predicted octanol–water partition coefficient (Wildman–Crippen LogP) is 4.54. The van der Waals surface area contributed by atoms with E-state index < -0.39 is 29.5 Å². The SMILES string of the molecule is COc1ccc(C(OCC2O[C@@H](n3ccc(=O)c(O)c3C)CC2O)(c2ccccc2)c2ccc(OC)cc2)cc1. The number of pyridine rings is 1. The summed E-state index contributed by atoms with van der Waals surface area (Å²) in [6.07, 6.45) is -0.207. The molecule has 0 bridgehead atoms. The largest absolute Gasteiger partial charge is 0.503 e. The van der Waals surface area contributed by atoms with Crippen molar-refractivity contribution >= 4 is 0 Å². The summed E-state index contributed by atoms with van der Waals surface area (Å²) in [5.74, 6) is 1.11. The maximum absolute atomic E-state index is 11.8. The molecule has 1 aliphatic rings. The molecule has 2 N–H and O–H groups in total. The lowest BCUT2D eigenvalue weighted by Gasteiger charge is -2.37. The highest BCUT2D eigenvalue weighted by atomic mass is 16.6. The number of hydrogen-bond donors (Lipinski definition) is 2. The van der Waals surface area contributed by atoms with Crippen LogP contribution in [-0.4, -0.2) is 47.8 Å². The van der Waals surface area contributed by atoms with Gasteiger partial charge in [0.25, 0.3) is 0 Å². The lowest BCUT2D eigenvalue weighted by Crippen LogP contribution is -2.38. The highest BCUT2D eigenvalue weighted by Gasteiger charge is 2.42. The van der Waals surface area contributed by atoms with Crippen LogP contribution >= 0.6 is 0 Å². The maximum Gasteiger partial charge on any atom is 0.223 e. The number of aliphatic hydroxyl groups is 1. The summed E-state index contributed by atoms with van der Waals surface area (Å²) in [7, 11) is 3.25. The molecule has 1 aromatic heterocycles. The van der Waals surface area contributed by atoms with E-state index in [-0.39, 0.29) is 18.8 Å². The number of aromatic hydroxyl groups is 1. The number of rotatable bonds is 9. The molecular formula is C32H33NO7. The summed E-state index contributed by atoms with van der Waals surface area (Å²) in [6, 6.07) is 26.6. The van der Waals surface area contributed by atoms with Crippen LogP contribution in [-0.2, 0) is 15.1 Å². The minimum Gasteiger partial charge on any atom is -0.503 e. The summed E-state index contributed by atoms with van der Waals surface area (Å²) in [4.78, 5) is 11.8. The van der Waals surface area contributed by atoms with E-state index in [2.05, 4.69) is 0 Å². The van der Waals surface area contributed by atoms with E-state index in [4.69, 9.17) is 18.9 Å². The van der Waals surface area contributed by atoms with E-state index >= 15 is 0 Å². The average molecular weight is 544 g/mol. The molecule has 0 amide bonds. The molecule has 2 unspecified atom stereocenters. The Bertz CT molecular complexity index is 1440. The van der Waals surface area contributed by atoms with Gasteiger partial charge in [-0.25, -0.2) is 0 Å². The molecule has 3 aromatic carbocycles. The van der Waals surface area contributed by atoms with Crippen LogP contribution in [0.15, 0.2) is 95.9 Å². The zero-order valence-corrected chi connectivity index (χ0v) is 22.7. The van der Waals surface area contributed by atoms with Crippen LogP contribution in [0.1, 0.15) is 35.0 Å². The standard InChI is InChI=1S/C32H33NO7/c1-21-31(36)27(34)17-18-33(21)30-19-28(35)29(40-30)20-39-32(22-7-5-4-6-8-22,23-9-13-25(37-2)14-10-23)24-11-15-26(38-3)16-12-24/h4-18,28-30,35-36H,19-20H2,1-3H3/t28?,29?,30-/m1/s1. The van der Waals surface area contributed by atoms with Crippen molar-refractivity contribution in [3.63, 3.8) is 0 Å². The van der Waals surface area contributed by atoms with Gasteiger partial charge in [-0.15, -0.1) is 0 Å². The van der Waals surface area contributed by atoms with Gasteiger partial charge >= 0.3 is 0 Å². The van der Waals surface area contributed by atoms with Crippen LogP contribution in [0.3, 0.4) is 0 Å². The smallest absolute Gasteiger partial charge is 0.223 e. The quantitative estimate of drug-likeness (QED) is 0.299. The topological polar surface area (TPSA) is 99.4 Å². The molecule has 2 heterocycles. The van der Waals surface area contributed by atoms with Gasteiger partial charge in [0.2, 0.25) is 5.43 Å². The van der Waals surface area contributed by atoms with Crippen molar-refractivity contribution in [2.45, 2.75) is 37.4 Å². The summed E-state index contributed by atoms with van der Waals surface area (Å²) < 4.78 is 25.6. The van der Waals surface area contributed by atoms with Crippen molar-refractivity contribution in [3.05, 3.63) is 124 Å². The van der Waals surface area contributed by atoms with Gasteiger partial charge < -0.3 is 33.7 Å². The second kappa shape index (κ2) is 11.6. The monoisotopic (exact) mass is 543 g/mol. The fourth-order valence-electron chi connectivity index (χ4n) is 5.27. The highest BCUT2D eigenvalue weighted by Crippen LogP contribution is 2.43. The van der Waals surface area contributed by atoms with Crippen LogP contribution in [0.25, 0.3) is 0 Å². The zero-order chi connectivity index (χ0) is 28.3. The molecule has 0 saturated carbocycles. The third kappa shape index (κ3) is 5.09. The van der Waals surface area contributed by atoms with E-state index in [0.717, 1.165) is 28.2 Å². The molecule has 1 fully saturated rings. The van der Waals surface area contributed by atoms with Gasteiger partial charge in [0.1, 0.15) is 29.4 Å². The van der Waals surface area contributed by atoms with Crippen LogP contribution in [0.4, 0.5) is 0 Å². The molecule has 5 rings (SSSR count). The minimum absolute atomic E-state index is 0.0653. The third-order valence-electron chi connectivity index (χ3n) is 7.50. The van der Waals surface area contributed by atoms with Crippen LogP contribution < -0.4 is 14.9 Å². The molecular weight excluding hydrogens is 510 g/mol. The van der Waals surface area contributed by atoms with E-state index in [9.17, 15) is 15.0 Å². The van der Waals surface area contributed by atoms with E-state index in [1.807, 2.05) is 78.9 Å². The zero-order valence-electron chi connectivity index (χ0n) is 22.7. The van der Waals surface area contributed by atoms with Gasteiger partial charge in [-0.1, -0.05) is 54.6 Å². The molecule has 0 spiro atoms. The van der Waals surface area contributed by atoms with Crippen molar-refractivity contribution in [1.29, 1.82) is 0 Å². The van der Waals surface area contributed by atoms with Gasteiger partial charge in [-0.3, -0.25) is 4.79 Å². The normalized spacial score (nSPS) is 18.9. The predicted molar refractivity (Wildman–Crippen MR) is 150 cm³/mol. The van der Waals surface area contributed by atoms with Crippen LogP contribution in [0, 0.1) is 6.92 Å². The number of benzene rings is 3. The number of nitrogens with zero attached hydrogens (tertiary/aromatic N) is 1. The number of ether oxygens (including phenoxy) is 4. The van der Waals surface area contributed by atoms with Crippen molar-refractivity contribution in [2.24, 2.45) is 0 Å². The third-order valence-corrected chi connectivity index (χ3v) is 7.50. The number of methoxy groups -OCH3 is 2. The Balaban J connectivity index is 1.53.